The highest BCUT2D eigenvalue weighted by molar-refractivity contribution is 8.03. The summed E-state index contributed by atoms with van der Waals surface area (Å²) in [5, 5.41) is 21.9. The molecular weight excluding hydrogens is 302 g/mol. The number of nitrogens with zero attached hydrogens (tertiary/aromatic N) is 2. The molecule has 0 saturated carbocycles. The Morgan fingerprint density at radius 3 is 2.17 bits per heavy atom. The van der Waals surface area contributed by atoms with Crippen LogP contribution in [-0.2, 0) is 0 Å². The Hall–Kier alpha value is -2.95. The summed E-state index contributed by atoms with van der Waals surface area (Å²) in [7, 11) is 0. The van der Waals surface area contributed by atoms with Crippen molar-refractivity contribution in [3.63, 3.8) is 0 Å². The van der Waals surface area contributed by atoms with Gasteiger partial charge in [-0.1, -0.05) is 60.7 Å². The third-order valence-electron chi connectivity index (χ3n) is 2.92. The summed E-state index contributed by atoms with van der Waals surface area (Å²) in [5.41, 5.74) is 2.06. The molecule has 0 saturated heterocycles. The van der Waals surface area contributed by atoms with Gasteiger partial charge in [0.15, 0.2) is 5.57 Å². The summed E-state index contributed by atoms with van der Waals surface area (Å²) in [4.78, 5) is 0. The van der Waals surface area contributed by atoms with Crippen LogP contribution >= 0.6 is 11.8 Å². The van der Waals surface area contributed by atoms with Crippen LogP contribution in [0.25, 0.3) is 6.08 Å². The van der Waals surface area contributed by atoms with Crippen molar-refractivity contribution in [2.45, 2.75) is 0 Å². The average molecular weight is 317 g/mol. The van der Waals surface area contributed by atoms with Crippen LogP contribution in [0.1, 0.15) is 5.56 Å². The van der Waals surface area contributed by atoms with Crippen molar-refractivity contribution >= 4 is 23.5 Å². The number of para-hydroxylation sites is 1. The second-order valence-corrected chi connectivity index (χ2v) is 5.57. The van der Waals surface area contributed by atoms with E-state index in [9.17, 15) is 0 Å². The zero-order valence-electron chi connectivity index (χ0n) is 12.4. The van der Waals surface area contributed by atoms with Crippen LogP contribution < -0.4 is 5.32 Å². The summed E-state index contributed by atoms with van der Waals surface area (Å²) >= 11 is 1.43. The normalized spacial score (nSPS) is 9.83. The number of rotatable bonds is 6. The molecule has 0 heterocycles. The van der Waals surface area contributed by atoms with E-state index in [1.54, 1.807) is 0 Å². The minimum atomic E-state index is 0.0898. The lowest BCUT2D eigenvalue weighted by Gasteiger charge is -2.09. The monoisotopic (exact) mass is 317 g/mol. The first kappa shape index (κ1) is 16.4. The predicted octanol–water partition coefficient (Wildman–Crippen LogP) is 4.80. The predicted molar refractivity (Wildman–Crippen MR) is 96.3 cm³/mol. The first-order chi connectivity index (χ1) is 11.3. The van der Waals surface area contributed by atoms with Crippen molar-refractivity contribution in [3.05, 3.63) is 82.9 Å². The fourth-order valence-corrected chi connectivity index (χ4v) is 2.61. The fourth-order valence-electron chi connectivity index (χ4n) is 1.83. The molecule has 0 aliphatic rings. The van der Waals surface area contributed by atoms with Crippen LogP contribution in [0.2, 0.25) is 0 Å². The van der Waals surface area contributed by atoms with Crippen molar-refractivity contribution in [2.75, 3.05) is 11.1 Å². The van der Waals surface area contributed by atoms with Gasteiger partial charge in [0, 0.05) is 11.4 Å². The van der Waals surface area contributed by atoms with E-state index in [0.29, 0.717) is 10.8 Å². The van der Waals surface area contributed by atoms with Gasteiger partial charge in [-0.15, -0.1) is 11.8 Å². The van der Waals surface area contributed by atoms with E-state index in [4.69, 9.17) is 10.5 Å². The quantitative estimate of drug-likeness (QED) is 0.777. The second kappa shape index (κ2) is 9.15. The third kappa shape index (κ3) is 5.39. The number of hydrogen-bond acceptors (Lipinski definition) is 4. The number of thioether (sulfide) groups is 1. The van der Waals surface area contributed by atoms with Gasteiger partial charge < -0.3 is 5.32 Å². The number of nitrogens with one attached hydrogen (secondary N) is 1. The SMILES string of the molecule is N#CC(C#N)=C(Nc1ccccc1)SCC=Cc1ccccc1. The van der Waals surface area contributed by atoms with Crippen molar-refractivity contribution in [2.24, 2.45) is 0 Å². The molecule has 1 N–H and O–H groups in total. The molecule has 0 aliphatic heterocycles. The van der Waals surface area contributed by atoms with Gasteiger partial charge in [0.05, 0.1) is 0 Å². The number of allylic oxidation sites excluding steroid dienone is 1. The van der Waals surface area contributed by atoms with Gasteiger partial charge in [0.2, 0.25) is 0 Å². The minimum absolute atomic E-state index is 0.0898. The van der Waals surface area contributed by atoms with E-state index in [-0.39, 0.29) is 5.57 Å². The molecule has 0 fully saturated rings. The molecule has 2 rings (SSSR count). The number of anilines is 1. The van der Waals surface area contributed by atoms with E-state index < -0.39 is 0 Å². The number of benzene rings is 2. The average Bonchev–Trinajstić information content (AvgIpc) is 2.61. The van der Waals surface area contributed by atoms with Crippen molar-refractivity contribution in [3.8, 4) is 12.1 Å². The van der Waals surface area contributed by atoms with Crippen LogP contribution in [-0.4, -0.2) is 5.75 Å². The Labute approximate surface area is 140 Å². The smallest absolute Gasteiger partial charge is 0.159 e. The highest BCUT2D eigenvalue weighted by Crippen LogP contribution is 2.23. The Bertz CT molecular complexity index is 750. The van der Waals surface area contributed by atoms with E-state index in [1.165, 1.54) is 11.8 Å². The highest BCUT2D eigenvalue weighted by Gasteiger charge is 2.06. The summed E-state index contributed by atoms with van der Waals surface area (Å²) in [6.07, 6.45) is 4.03. The van der Waals surface area contributed by atoms with Crippen molar-refractivity contribution < 1.29 is 0 Å². The molecule has 0 bridgehead atoms. The van der Waals surface area contributed by atoms with Crippen LogP contribution in [0.15, 0.2) is 77.3 Å². The summed E-state index contributed by atoms with van der Waals surface area (Å²) in [6.45, 7) is 0. The molecule has 0 atom stereocenters. The first-order valence-corrected chi connectivity index (χ1v) is 8.03. The lowest BCUT2D eigenvalue weighted by atomic mass is 10.2. The molecule has 0 radical (unpaired) electrons. The molecule has 2 aromatic carbocycles. The molecule has 23 heavy (non-hydrogen) atoms. The summed E-state index contributed by atoms with van der Waals surface area (Å²) in [6, 6.07) is 23.4. The van der Waals surface area contributed by atoms with E-state index >= 15 is 0 Å². The van der Waals surface area contributed by atoms with Gasteiger partial charge in [0.25, 0.3) is 0 Å². The number of hydrogen-bond donors (Lipinski definition) is 1. The molecule has 3 nitrogen and oxygen atoms in total. The maximum atomic E-state index is 9.11. The van der Waals surface area contributed by atoms with E-state index in [0.717, 1.165) is 11.3 Å². The minimum Gasteiger partial charge on any atom is -0.349 e. The summed E-state index contributed by atoms with van der Waals surface area (Å²) < 4.78 is 0. The molecule has 0 unspecified atom stereocenters. The molecule has 4 heteroatoms. The van der Waals surface area contributed by atoms with Gasteiger partial charge in [-0.05, 0) is 17.7 Å². The molecule has 112 valence electrons. The maximum Gasteiger partial charge on any atom is 0.159 e. The lowest BCUT2D eigenvalue weighted by Crippen LogP contribution is -1.99. The third-order valence-corrected chi connectivity index (χ3v) is 3.87. The van der Waals surface area contributed by atoms with Crippen LogP contribution in [0.3, 0.4) is 0 Å². The Morgan fingerprint density at radius 1 is 0.957 bits per heavy atom. The van der Waals surface area contributed by atoms with E-state index in [2.05, 4.69) is 5.32 Å². The summed E-state index contributed by atoms with van der Waals surface area (Å²) in [5.74, 6) is 0.664. The molecule has 0 amide bonds. The topological polar surface area (TPSA) is 59.6 Å². The molecular formula is C19H15N3S. The molecule has 0 aromatic heterocycles. The van der Waals surface area contributed by atoms with Crippen molar-refractivity contribution in [1.82, 2.24) is 0 Å². The van der Waals surface area contributed by atoms with Gasteiger partial charge in [-0.2, -0.15) is 10.5 Å². The van der Waals surface area contributed by atoms with Crippen LogP contribution in [0, 0.1) is 22.7 Å². The second-order valence-electron chi connectivity index (χ2n) is 4.54. The zero-order chi connectivity index (χ0) is 16.3. The zero-order valence-corrected chi connectivity index (χ0v) is 13.3. The van der Waals surface area contributed by atoms with Gasteiger partial charge in [-0.3, -0.25) is 0 Å². The first-order valence-electron chi connectivity index (χ1n) is 7.04. The van der Waals surface area contributed by atoms with Gasteiger partial charge >= 0.3 is 0 Å². The van der Waals surface area contributed by atoms with E-state index in [1.807, 2.05) is 85.0 Å². The lowest BCUT2D eigenvalue weighted by molar-refractivity contribution is 1.43. The molecule has 0 aliphatic carbocycles. The Morgan fingerprint density at radius 2 is 1.57 bits per heavy atom. The van der Waals surface area contributed by atoms with Gasteiger partial charge in [-0.25, -0.2) is 0 Å². The number of nitriles is 2. The maximum absolute atomic E-state index is 9.11. The Balaban J connectivity index is 2.05. The highest BCUT2D eigenvalue weighted by atomic mass is 32.2. The van der Waals surface area contributed by atoms with Crippen LogP contribution in [0.4, 0.5) is 5.69 Å². The standard InChI is InChI=1S/C19H15N3S/c20-14-17(15-21)19(22-18-11-5-2-6-12-18)23-13-7-10-16-8-3-1-4-9-16/h1-12,22H,13H2. The van der Waals surface area contributed by atoms with Crippen molar-refractivity contribution in [1.29, 1.82) is 10.5 Å². The Kier molecular flexibility index (Phi) is 6.53. The van der Waals surface area contributed by atoms with Gasteiger partial charge in [0.1, 0.15) is 17.2 Å². The largest absolute Gasteiger partial charge is 0.349 e. The van der Waals surface area contributed by atoms with Crippen LogP contribution in [0.5, 0.6) is 0 Å². The molecule has 2 aromatic rings. The fraction of sp³-hybridized carbons (Fsp3) is 0.0526. The molecule has 0 spiro atoms.